The fourth-order valence-corrected chi connectivity index (χ4v) is 0.490. The molecule has 0 spiro atoms. The van der Waals surface area contributed by atoms with E-state index in [-0.39, 0.29) is 5.57 Å². The minimum absolute atomic E-state index is 0.119. The Labute approximate surface area is 47.9 Å². The number of hydrogen-bond donors (Lipinski definition) is 1. The highest BCUT2D eigenvalue weighted by molar-refractivity contribution is 7.59. The molecule has 0 rings (SSSR count). The molecule has 0 fully saturated rings. The van der Waals surface area contributed by atoms with Gasteiger partial charge in [-0.25, -0.2) is 4.79 Å². The van der Waals surface area contributed by atoms with Crippen molar-refractivity contribution in [2.75, 3.05) is 0 Å². The molecule has 0 amide bonds. The first-order chi connectivity index (χ1) is 3.55. The van der Waals surface area contributed by atoms with E-state index in [9.17, 15) is 9.36 Å². The zero-order valence-corrected chi connectivity index (χ0v) is 5.31. The molecule has 0 bridgehead atoms. The van der Waals surface area contributed by atoms with Crippen LogP contribution in [0.15, 0.2) is 12.2 Å². The van der Waals surface area contributed by atoms with E-state index in [1.807, 2.05) is 0 Å². The van der Waals surface area contributed by atoms with Crippen molar-refractivity contribution < 1.29 is 14.3 Å². The van der Waals surface area contributed by atoms with Crippen molar-refractivity contribution in [2.45, 2.75) is 6.92 Å². The first kappa shape index (κ1) is 7.47. The van der Waals surface area contributed by atoms with Crippen molar-refractivity contribution in [1.82, 2.24) is 0 Å². The summed E-state index contributed by atoms with van der Waals surface area (Å²) in [7, 11) is -2.69. The summed E-state index contributed by atoms with van der Waals surface area (Å²) in [5, 5.41) is 0. The number of carbonyl (C=O) groups excluding carboxylic acids is 1. The summed E-state index contributed by atoms with van der Waals surface area (Å²) in [5.41, 5.74) is -0.659. The lowest BCUT2D eigenvalue weighted by molar-refractivity contribution is -0.109. The Morgan fingerprint density at radius 2 is 2.12 bits per heavy atom. The van der Waals surface area contributed by atoms with Crippen molar-refractivity contribution >= 4 is 13.6 Å². The van der Waals surface area contributed by atoms with E-state index in [2.05, 4.69) is 6.58 Å². The van der Waals surface area contributed by atoms with Crippen LogP contribution in [-0.2, 0) is 9.36 Å². The van der Waals surface area contributed by atoms with Crippen LogP contribution in [0.1, 0.15) is 6.92 Å². The van der Waals surface area contributed by atoms with Crippen molar-refractivity contribution in [2.24, 2.45) is 0 Å². The van der Waals surface area contributed by atoms with E-state index in [4.69, 9.17) is 4.89 Å². The molecule has 0 aliphatic carbocycles. The number of carbonyl (C=O) groups is 1. The van der Waals surface area contributed by atoms with E-state index in [0.717, 1.165) is 0 Å². The highest BCUT2D eigenvalue weighted by Crippen LogP contribution is 2.18. The highest BCUT2D eigenvalue weighted by Gasteiger charge is 2.25. The first-order valence-electron chi connectivity index (χ1n) is 1.91. The fourth-order valence-electron chi connectivity index (χ4n) is 0.163. The van der Waals surface area contributed by atoms with Crippen LogP contribution in [0.3, 0.4) is 0 Å². The molecule has 44 valence electrons. The van der Waals surface area contributed by atoms with E-state index in [0.29, 0.717) is 0 Å². The molecule has 0 heterocycles. The topological polar surface area (TPSA) is 54.4 Å². The Morgan fingerprint density at radius 3 is 2.12 bits per heavy atom. The second-order valence-electron chi connectivity index (χ2n) is 1.36. The lowest BCUT2D eigenvalue weighted by Gasteiger charge is -1.74. The zero-order chi connectivity index (χ0) is 6.73. The molecule has 0 radical (unpaired) electrons. The van der Waals surface area contributed by atoms with Crippen LogP contribution < -0.4 is 0 Å². The maximum Gasteiger partial charge on any atom is 0.589 e. The molecule has 4 heteroatoms. The van der Waals surface area contributed by atoms with Crippen LogP contribution in [0.2, 0.25) is 0 Å². The van der Waals surface area contributed by atoms with Gasteiger partial charge in [0.05, 0.1) is 0 Å². The Bertz CT molecular complexity index is 133. The Morgan fingerprint density at radius 1 is 1.75 bits per heavy atom. The number of rotatable bonds is 2. The molecule has 1 N–H and O–H groups in total. The lowest BCUT2D eigenvalue weighted by atomic mass is 10.4. The second-order valence-corrected chi connectivity index (χ2v) is 2.31. The number of allylic oxidation sites excluding steroid dienone is 1. The molecule has 0 aliphatic rings. The van der Waals surface area contributed by atoms with Crippen molar-refractivity contribution in [3.05, 3.63) is 12.2 Å². The van der Waals surface area contributed by atoms with Crippen LogP contribution in [0.25, 0.3) is 0 Å². The van der Waals surface area contributed by atoms with Gasteiger partial charge in [-0.3, -0.25) is 0 Å². The predicted octanol–water partition coefficient (Wildman–Crippen LogP) is 0.824. The van der Waals surface area contributed by atoms with Crippen molar-refractivity contribution in [3.8, 4) is 0 Å². The Hall–Kier alpha value is -0.530. The van der Waals surface area contributed by atoms with Gasteiger partial charge >= 0.3 is 13.6 Å². The fraction of sp³-hybridized carbons (Fsp3) is 0.250. The van der Waals surface area contributed by atoms with Gasteiger partial charge in [-0.2, -0.15) is 4.89 Å². The zero-order valence-electron chi connectivity index (χ0n) is 4.42. The van der Waals surface area contributed by atoms with Gasteiger partial charge in [0.2, 0.25) is 0 Å². The average molecular weight is 133 g/mol. The molecule has 1 atom stereocenters. The summed E-state index contributed by atoms with van der Waals surface area (Å²) < 4.78 is 9.88. The summed E-state index contributed by atoms with van der Waals surface area (Å²) in [6.07, 6.45) is 0. The molecule has 1 unspecified atom stereocenters. The third-order valence-corrected chi connectivity index (χ3v) is 1.27. The van der Waals surface area contributed by atoms with Gasteiger partial charge in [0.1, 0.15) is 0 Å². The minimum atomic E-state index is -2.69. The van der Waals surface area contributed by atoms with E-state index < -0.39 is 13.6 Å². The van der Waals surface area contributed by atoms with Gasteiger partial charge < -0.3 is 0 Å². The molecular formula is C4H6O3P+. The maximum absolute atomic E-state index is 10.2. The van der Waals surface area contributed by atoms with Gasteiger partial charge in [-0.1, -0.05) is 6.58 Å². The summed E-state index contributed by atoms with van der Waals surface area (Å²) in [4.78, 5) is 18.3. The smallest absolute Gasteiger partial charge is 0.231 e. The van der Waals surface area contributed by atoms with Gasteiger partial charge in [0.15, 0.2) is 0 Å². The molecule has 0 aromatic heterocycles. The quantitative estimate of drug-likeness (QED) is 0.448. The SMILES string of the molecule is C=C(C)C(=O)[P+](=O)O. The molecule has 3 nitrogen and oxygen atoms in total. The predicted molar refractivity (Wildman–Crippen MR) is 29.6 cm³/mol. The molecule has 0 aromatic carbocycles. The van der Waals surface area contributed by atoms with E-state index >= 15 is 0 Å². The molecule has 0 aliphatic heterocycles. The molecular weight excluding hydrogens is 127 g/mol. The van der Waals surface area contributed by atoms with Crippen molar-refractivity contribution in [1.29, 1.82) is 0 Å². The largest absolute Gasteiger partial charge is 0.589 e. The van der Waals surface area contributed by atoms with Crippen molar-refractivity contribution in [3.63, 3.8) is 0 Å². The first-order valence-corrected chi connectivity index (χ1v) is 3.13. The second kappa shape index (κ2) is 2.70. The number of hydrogen-bond acceptors (Lipinski definition) is 2. The van der Waals surface area contributed by atoms with Crippen LogP contribution in [0.5, 0.6) is 0 Å². The third kappa shape index (κ3) is 1.96. The van der Waals surface area contributed by atoms with Crippen LogP contribution in [-0.4, -0.2) is 10.4 Å². The van der Waals surface area contributed by atoms with Gasteiger partial charge in [0, 0.05) is 5.57 Å². The summed E-state index contributed by atoms with van der Waals surface area (Å²) in [6.45, 7) is 4.58. The van der Waals surface area contributed by atoms with Gasteiger partial charge in [0.25, 0.3) is 0 Å². The molecule has 0 saturated carbocycles. The summed E-state index contributed by atoms with van der Waals surface area (Å²) >= 11 is 0. The van der Waals surface area contributed by atoms with Gasteiger partial charge in [-0.15, -0.1) is 0 Å². The molecule has 0 saturated heterocycles. The van der Waals surface area contributed by atoms with E-state index in [1.165, 1.54) is 6.92 Å². The van der Waals surface area contributed by atoms with Crippen LogP contribution in [0.4, 0.5) is 0 Å². The lowest BCUT2D eigenvalue weighted by Crippen LogP contribution is -1.88. The van der Waals surface area contributed by atoms with E-state index in [1.54, 1.807) is 0 Å². The molecule has 8 heavy (non-hydrogen) atoms. The highest BCUT2D eigenvalue weighted by atomic mass is 31.1. The summed E-state index contributed by atoms with van der Waals surface area (Å²) in [5.74, 6) is 0. The third-order valence-electron chi connectivity index (χ3n) is 0.539. The molecule has 0 aromatic rings. The monoisotopic (exact) mass is 133 g/mol. The van der Waals surface area contributed by atoms with Crippen LogP contribution >= 0.6 is 8.03 Å². The van der Waals surface area contributed by atoms with Gasteiger partial charge in [-0.05, 0) is 11.5 Å². The minimum Gasteiger partial charge on any atom is -0.231 e. The van der Waals surface area contributed by atoms with Crippen LogP contribution in [0, 0.1) is 0 Å². The Kier molecular flexibility index (Phi) is 2.52. The Balaban J connectivity index is 4.05. The average Bonchev–Trinajstić information content (AvgIpc) is 1.64. The maximum atomic E-state index is 10.2. The standard InChI is InChI=1S/C4H5O3P/c1-3(2)4(5)8(6)7/h1H2,2H3/p+1. The normalized spacial score (nSPS) is 10.5. The summed E-state index contributed by atoms with van der Waals surface area (Å²) in [6, 6.07) is 0.